The molecule has 1 aliphatic heterocycles. The van der Waals surface area contributed by atoms with E-state index in [1.807, 2.05) is 51.1 Å². The van der Waals surface area contributed by atoms with E-state index < -0.39 is 22.7 Å². The number of fused-ring (bicyclic) bond motifs is 1. The molecule has 228 valence electrons. The molecule has 0 bridgehead atoms. The highest BCUT2D eigenvalue weighted by molar-refractivity contribution is 7.80. The first-order chi connectivity index (χ1) is 20.9. The van der Waals surface area contributed by atoms with Gasteiger partial charge in [-0.25, -0.2) is 9.18 Å². The SMILES string of the molecule is CC(C)(C)[C@]1(C(=O)O)CCCN1C(=O)c1cc2nccc(Oc3ccc(NC(=S)NC(=O)Cc4ccccc4)cc3F)c2s1. The summed E-state index contributed by atoms with van der Waals surface area (Å²) in [4.78, 5) is 44.6. The normalized spacial score (nSPS) is 16.5. The molecule has 0 spiro atoms. The number of hydrogen-bond acceptors (Lipinski definition) is 7. The molecule has 4 aromatic rings. The second kappa shape index (κ2) is 12.3. The third-order valence-corrected chi connectivity index (χ3v) is 9.01. The van der Waals surface area contributed by atoms with Crippen LogP contribution in [0.25, 0.3) is 10.2 Å². The van der Waals surface area contributed by atoms with Crippen molar-refractivity contribution < 1.29 is 28.6 Å². The summed E-state index contributed by atoms with van der Waals surface area (Å²) >= 11 is 6.33. The number of amides is 2. The Balaban J connectivity index is 1.30. The number of pyridine rings is 1. The average molecular weight is 635 g/mol. The van der Waals surface area contributed by atoms with Crippen molar-refractivity contribution in [1.82, 2.24) is 15.2 Å². The number of aliphatic carboxylic acids is 1. The molecule has 0 radical (unpaired) electrons. The topological polar surface area (TPSA) is 121 Å². The molecule has 0 aliphatic carbocycles. The number of anilines is 1. The lowest BCUT2D eigenvalue weighted by atomic mass is 9.71. The summed E-state index contributed by atoms with van der Waals surface area (Å²) in [6, 6.07) is 16.6. The fourth-order valence-electron chi connectivity index (χ4n) is 5.54. The van der Waals surface area contributed by atoms with Crippen LogP contribution in [-0.2, 0) is 16.0 Å². The number of carboxylic acids is 1. The molecule has 2 aromatic carbocycles. The summed E-state index contributed by atoms with van der Waals surface area (Å²) in [5, 5.41) is 15.6. The lowest BCUT2D eigenvalue weighted by Gasteiger charge is -2.44. The number of benzene rings is 2. The van der Waals surface area contributed by atoms with Crippen molar-refractivity contribution in [3.63, 3.8) is 0 Å². The Morgan fingerprint density at radius 2 is 1.86 bits per heavy atom. The average Bonchev–Trinajstić information content (AvgIpc) is 3.61. The molecular weight excluding hydrogens is 604 g/mol. The standard InChI is InChI=1S/C32H31FN4O5S2/c1-31(2,3)32(29(40)41)13-7-15-37(32)28(39)25-18-22-27(44-25)24(12-14-34-22)42-23-11-10-20(17-21(23)33)35-30(43)36-26(38)16-19-8-5-4-6-9-19/h4-6,8-12,14,17-18H,7,13,15-16H2,1-3H3,(H,40,41)(H2,35,36,38,43)/t32-/m1/s1. The number of nitrogens with one attached hydrogen (secondary N) is 2. The zero-order valence-corrected chi connectivity index (χ0v) is 26.0. The largest absolute Gasteiger partial charge is 0.479 e. The fraction of sp³-hybridized carbons (Fsp3) is 0.281. The van der Waals surface area contributed by atoms with Gasteiger partial charge in [-0.3, -0.25) is 14.6 Å². The lowest BCUT2D eigenvalue weighted by molar-refractivity contribution is -0.155. The van der Waals surface area contributed by atoms with Crippen molar-refractivity contribution in [2.24, 2.45) is 5.41 Å². The summed E-state index contributed by atoms with van der Waals surface area (Å²) < 4.78 is 21.6. The molecule has 2 aromatic heterocycles. The van der Waals surface area contributed by atoms with Crippen LogP contribution in [0, 0.1) is 11.2 Å². The lowest BCUT2D eigenvalue weighted by Crippen LogP contribution is -2.60. The molecule has 12 heteroatoms. The summed E-state index contributed by atoms with van der Waals surface area (Å²) in [5.41, 5.74) is -0.400. The number of rotatable bonds is 7. The number of halogens is 1. The van der Waals surface area contributed by atoms with Crippen LogP contribution in [-0.4, -0.2) is 50.0 Å². The first-order valence-corrected chi connectivity index (χ1v) is 15.2. The Hall–Kier alpha value is -4.42. The highest BCUT2D eigenvalue weighted by Crippen LogP contribution is 2.46. The smallest absolute Gasteiger partial charge is 0.330 e. The van der Waals surface area contributed by atoms with Gasteiger partial charge in [-0.2, -0.15) is 0 Å². The Morgan fingerprint density at radius 3 is 2.55 bits per heavy atom. The minimum Gasteiger partial charge on any atom is -0.479 e. The van der Waals surface area contributed by atoms with Gasteiger partial charge < -0.3 is 25.4 Å². The van der Waals surface area contributed by atoms with Gasteiger partial charge in [0, 0.05) is 30.6 Å². The van der Waals surface area contributed by atoms with Crippen LogP contribution in [0.15, 0.2) is 66.9 Å². The monoisotopic (exact) mass is 634 g/mol. The first-order valence-electron chi connectivity index (χ1n) is 13.9. The van der Waals surface area contributed by atoms with Crippen LogP contribution in [0.4, 0.5) is 10.1 Å². The Labute approximate surface area is 263 Å². The molecule has 1 aliphatic rings. The fourth-order valence-corrected chi connectivity index (χ4v) is 6.79. The van der Waals surface area contributed by atoms with E-state index in [1.54, 1.807) is 18.2 Å². The molecule has 44 heavy (non-hydrogen) atoms. The van der Waals surface area contributed by atoms with E-state index in [-0.39, 0.29) is 29.1 Å². The maximum atomic E-state index is 15.1. The number of thiophene rings is 1. The number of carbonyl (C=O) groups is 3. The Kier molecular flexibility index (Phi) is 8.66. The number of thiocarbonyl (C=S) groups is 1. The third kappa shape index (κ3) is 6.13. The van der Waals surface area contributed by atoms with Crippen LogP contribution in [0.3, 0.4) is 0 Å². The summed E-state index contributed by atoms with van der Waals surface area (Å²) in [5.74, 6) is -2.17. The maximum Gasteiger partial charge on any atom is 0.330 e. The van der Waals surface area contributed by atoms with Gasteiger partial charge in [0.15, 0.2) is 16.7 Å². The molecule has 0 saturated carbocycles. The molecule has 9 nitrogen and oxygen atoms in total. The van der Waals surface area contributed by atoms with Crippen molar-refractivity contribution in [3.05, 3.63) is 83.1 Å². The van der Waals surface area contributed by atoms with Gasteiger partial charge in [0.2, 0.25) is 5.91 Å². The van der Waals surface area contributed by atoms with E-state index in [4.69, 9.17) is 17.0 Å². The summed E-state index contributed by atoms with van der Waals surface area (Å²) in [6.07, 6.45) is 2.59. The number of aromatic nitrogens is 1. The number of carbonyl (C=O) groups excluding carboxylic acids is 2. The summed E-state index contributed by atoms with van der Waals surface area (Å²) in [7, 11) is 0. The van der Waals surface area contributed by atoms with Crippen LogP contribution in [0.5, 0.6) is 11.5 Å². The van der Waals surface area contributed by atoms with Crippen LogP contribution in [0.2, 0.25) is 0 Å². The van der Waals surface area contributed by atoms with Crippen molar-refractivity contribution in [2.75, 3.05) is 11.9 Å². The van der Waals surface area contributed by atoms with Crippen molar-refractivity contribution in [2.45, 2.75) is 45.6 Å². The third-order valence-electron chi connectivity index (χ3n) is 7.68. The second-order valence-corrected chi connectivity index (χ2v) is 13.0. The maximum absolute atomic E-state index is 15.1. The number of ether oxygens (including phenoxy) is 1. The van der Waals surface area contributed by atoms with Crippen LogP contribution < -0.4 is 15.4 Å². The van der Waals surface area contributed by atoms with Crippen molar-refractivity contribution >= 4 is 62.4 Å². The van der Waals surface area contributed by atoms with Crippen LogP contribution in [0.1, 0.15) is 48.8 Å². The zero-order valence-electron chi connectivity index (χ0n) is 24.3. The van der Waals surface area contributed by atoms with E-state index in [0.29, 0.717) is 45.9 Å². The molecule has 3 heterocycles. The highest BCUT2D eigenvalue weighted by atomic mass is 32.1. The predicted octanol–water partition coefficient (Wildman–Crippen LogP) is 6.39. The molecule has 0 unspecified atom stereocenters. The van der Waals surface area contributed by atoms with E-state index in [0.717, 1.165) is 16.9 Å². The Bertz CT molecular complexity index is 1750. The van der Waals surface area contributed by atoms with E-state index in [9.17, 15) is 19.5 Å². The Morgan fingerprint density at radius 1 is 1.11 bits per heavy atom. The van der Waals surface area contributed by atoms with E-state index in [1.165, 1.54) is 23.2 Å². The minimum atomic E-state index is -1.33. The molecule has 3 N–H and O–H groups in total. The number of likely N-dealkylation sites (tertiary alicyclic amines) is 1. The number of nitrogens with zero attached hydrogens (tertiary/aromatic N) is 2. The predicted molar refractivity (Wildman–Crippen MR) is 171 cm³/mol. The molecule has 1 fully saturated rings. The van der Waals surface area contributed by atoms with Crippen molar-refractivity contribution in [3.8, 4) is 11.5 Å². The van der Waals surface area contributed by atoms with Gasteiger partial charge in [-0.05, 0) is 54.2 Å². The molecule has 1 atom stereocenters. The number of hydrogen-bond donors (Lipinski definition) is 3. The van der Waals surface area contributed by atoms with Gasteiger partial charge in [0.1, 0.15) is 11.3 Å². The molecular formula is C32H31FN4O5S2. The van der Waals surface area contributed by atoms with Gasteiger partial charge in [0.25, 0.3) is 5.91 Å². The quantitative estimate of drug-likeness (QED) is 0.200. The van der Waals surface area contributed by atoms with E-state index in [2.05, 4.69) is 15.6 Å². The highest BCUT2D eigenvalue weighted by Gasteiger charge is 2.57. The van der Waals surface area contributed by atoms with Gasteiger partial charge in [0.05, 0.1) is 21.5 Å². The van der Waals surface area contributed by atoms with Crippen molar-refractivity contribution in [1.29, 1.82) is 0 Å². The molecule has 1 saturated heterocycles. The first kappa shape index (κ1) is 31.0. The zero-order chi connectivity index (χ0) is 31.6. The van der Waals surface area contributed by atoms with Crippen LogP contribution >= 0.6 is 23.6 Å². The minimum absolute atomic E-state index is 0.0296. The summed E-state index contributed by atoms with van der Waals surface area (Å²) in [6.45, 7) is 5.82. The number of carboxylic acid groups (broad SMARTS) is 1. The van der Waals surface area contributed by atoms with E-state index >= 15 is 4.39 Å². The molecule has 5 rings (SSSR count). The van der Waals surface area contributed by atoms with Gasteiger partial charge in [-0.1, -0.05) is 51.1 Å². The molecule has 2 amide bonds. The van der Waals surface area contributed by atoms with Gasteiger partial charge >= 0.3 is 5.97 Å². The second-order valence-electron chi connectivity index (χ2n) is 11.5. The van der Waals surface area contributed by atoms with Gasteiger partial charge in [-0.15, -0.1) is 11.3 Å².